The molecule has 2 rings (SSSR count). The largest absolute Gasteiger partial charge is 0.455 e. The first kappa shape index (κ1) is 20.1. The minimum atomic E-state index is -0.536. The number of carbonyl (C=O) groups is 2. The number of Topliss-reactive ketones (excluding diaryl/α,β-unsaturated/α-hetero) is 1. The molecule has 0 atom stereocenters. The fourth-order valence-electron chi connectivity index (χ4n) is 2.27. The Bertz CT molecular complexity index is 869. The molecule has 0 radical (unpaired) electrons. The monoisotopic (exact) mass is 361 g/mol. The van der Waals surface area contributed by atoms with Crippen LogP contribution >= 0.6 is 0 Å². The van der Waals surface area contributed by atoms with Gasteiger partial charge in [-0.3, -0.25) is 4.79 Å². The molecule has 0 unspecified atom stereocenters. The second-order valence-electron chi connectivity index (χ2n) is 6.91. The third kappa shape index (κ3) is 5.65. The Morgan fingerprint density at radius 2 is 1.59 bits per heavy atom. The lowest BCUT2D eigenvalue weighted by atomic mass is 9.86. The highest BCUT2D eigenvalue weighted by Gasteiger charge is 2.25. The van der Waals surface area contributed by atoms with E-state index in [2.05, 4.69) is 6.07 Å². The summed E-state index contributed by atoms with van der Waals surface area (Å²) in [4.78, 5) is 23.8. The van der Waals surface area contributed by atoms with Crippen LogP contribution in [0.25, 0.3) is 17.2 Å². The molecule has 0 saturated heterocycles. The Labute approximate surface area is 160 Å². The molecular formula is C23H23NO3. The molecule has 2 aromatic carbocycles. The van der Waals surface area contributed by atoms with Gasteiger partial charge in [-0.2, -0.15) is 5.26 Å². The van der Waals surface area contributed by atoms with Crippen LogP contribution in [0.5, 0.6) is 0 Å². The van der Waals surface area contributed by atoms with E-state index in [-0.39, 0.29) is 12.4 Å². The van der Waals surface area contributed by atoms with Crippen molar-refractivity contribution in [3.05, 3.63) is 65.7 Å². The summed E-state index contributed by atoms with van der Waals surface area (Å²) in [6, 6.07) is 17.1. The average Bonchev–Trinajstić information content (AvgIpc) is 2.70. The summed E-state index contributed by atoms with van der Waals surface area (Å²) in [6.07, 6.45) is 3.67. The first-order chi connectivity index (χ1) is 12.9. The van der Waals surface area contributed by atoms with Crippen molar-refractivity contribution in [2.24, 2.45) is 5.41 Å². The van der Waals surface area contributed by atoms with E-state index in [1.807, 2.05) is 57.2 Å². The first-order valence-corrected chi connectivity index (χ1v) is 8.84. The highest BCUT2D eigenvalue weighted by atomic mass is 16.5. The van der Waals surface area contributed by atoms with Gasteiger partial charge in [-0.15, -0.1) is 0 Å². The average molecular weight is 361 g/mol. The summed E-state index contributed by atoms with van der Waals surface area (Å²) in [5, 5.41) is 8.85. The molecule has 0 spiro atoms. The van der Waals surface area contributed by atoms with E-state index in [1.165, 1.54) is 6.08 Å². The molecule has 0 bridgehead atoms. The number of esters is 1. The van der Waals surface area contributed by atoms with Gasteiger partial charge in [0.1, 0.15) is 0 Å². The highest BCUT2D eigenvalue weighted by molar-refractivity contribution is 5.91. The third-order valence-corrected chi connectivity index (χ3v) is 4.65. The number of nitrogens with zero attached hydrogens (tertiary/aromatic N) is 1. The van der Waals surface area contributed by atoms with Crippen molar-refractivity contribution >= 4 is 17.8 Å². The molecule has 27 heavy (non-hydrogen) atoms. The summed E-state index contributed by atoms with van der Waals surface area (Å²) in [5.41, 5.74) is 3.03. The molecule has 0 aromatic heterocycles. The Morgan fingerprint density at radius 3 is 2.11 bits per heavy atom. The van der Waals surface area contributed by atoms with Gasteiger partial charge in [0.2, 0.25) is 0 Å². The molecule has 4 nitrogen and oxygen atoms in total. The van der Waals surface area contributed by atoms with Crippen LogP contribution in [0, 0.1) is 16.7 Å². The Balaban J connectivity index is 1.94. The van der Waals surface area contributed by atoms with Crippen LogP contribution in [-0.2, 0) is 14.3 Å². The predicted molar refractivity (Wildman–Crippen MR) is 106 cm³/mol. The SMILES string of the molecule is CCC(C)(C)C(=O)COC(=O)/C=C/c1ccc(-c2ccc(C#N)cc2)cc1. The summed E-state index contributed by atoms with van der Waals surface area (Å²) in [5.74, 6) is -0.620. The highest BCUT2D eigenvalue weighted by Crippen LogP contribution is 2.22. The second-order valence-corrected chi connectivity index (χ2v) is 6.91. The first-order valence-electron chi connectivity index (χ1n) is 8.84. The van der Waals surface area contributed by atoms with E-state index >= 15 is 0 Å². The Morgan fingerprint density at radius 1 is 1.04 bits per heavy atom. The molecule has 0 N–H and O–H groups in total. The van der Waals surface area contributed by atoms with Gasteiger partial charge in [-0.25, -0.2) is 4.79 Å². The number of benzene rings is 2. The molecular weight excluding hydrogens is 338 g/mol. The smallest absolute Gasteiger partial charge is 0.331 e. The van der Waals surface area contributed by atoms with E-state index in [0.29, 0.717) is 12.0 Å². The van der Waals surface area contributed by atoms with Gasteiger partial charge in [0.05, 0.1) is 11.6 Å². The van der Waals surface area contributed by atoms with Crippen LogP contribution in [0.15, 0.2) is 54.6 Å². The quantitative estimate of drug-likeness (QED) is 0.525. The normalized spacial score (nSPS) is 11.2. The standard InChI is InChI=1S/C23H23NO3/c1-4-23(2,3)21(25)16-27-22(26)14-9-17-5-10-19(11-6-17)20-12-7-18(15-24)8-13-20/h5-14H,4,16H2,1-3H3/b14-9+. The van der Waals surface area contributed by atoms with Crippen molar-refractivity contribution in [2.45, 2.75) is 27.2 Å². The topological polar surface area (TPSA) is 67.2 Å². The summed E-state index contributed by atoms with van der Waals surface area (Å²) < 4.78 is 5.03. The number of hydrogen-bond acceptors (Lipinski definition) is 4. The molecule has 138 valence electrons. The molecule has 0 saturated carbocycles. The van der Waals surface area contributed by atoms with E-state index in [4.69, 9.17) is 10.00 Å². The van der Waals surface area contributed by atoms with Crippen LogP contribution in [0.3, 0.4) is 0 Å². The maximum absolute atomic E-state index is 12.0. The van der Waals surface area contributed by atoms with Crippen molar-refractivity contribution < 1.29 is 14.3 Å². The zero-order valence-corrected chi connectivity index (χ0v) is 15.9. The number of ether oxygens (including phenoxy) is 1. The molecule has 0 aliphatic rings. The van der Waals surface area contributed by atoms with E-state index in [0.717, 1.165) is 16.7 Å². The van der Waals surface area contributed by atoms with Crippen molar-refractivity contribution in [2.75, 3.05) is 6.61 Å². The molecule has 0 amide bonds. The van der Waals surface area contributed by atoms with Gasteiger partial charge >= 0.3 is 5.97 Å². The maximum atomic E-state index is 12.0. The molecule has 0 fully saturated rings. The van der Waals surface area contributed by atoms with Gasteiger partial charge < -0.3 is 4.74 Å². The third-order valence-electron chi connectivity index (χ3n) is 4.65. The minimum Gasteiger partial charge on any atom is -0.455 e. The molecule has 4 heteroatoms. The lowest BCUT2D eigenvalue weighted by Gasteiger charge is -2.19. The number of hydrogen-bond donors (Lipinski definition) is 0. The Hall–Kier alpha value is -3.19. The summed E-state index contributed by atoms with van der Waals surface area (Å²) >= 11 is 0. The van der Waals surface area contributed by atoms with Crippen molar-refractivity contribution in [3.8, 4) is 17.2 Å². The number of carbonyl (C=O) groups excluding carboxylic acids is 2. The number of rotatable bonds is 7. The zero-order valence-electron chi connectivity index (χ0n) is 15.9. The number of ketones is 1. The molecule has 0 aliphatic heterocycles. The minimum absolute atomic E-state index is 0.0847. The fraction of sp³-hybridized carbons (Fsp3) is 0.261. The van der Waals surface area contributed by atoms with Crippen LogP contribution in [0.2, 0.25) is 0 Å². The number of nitriles is 1. The van der Waals surface area contributed by atoms with Gasteiger partial charge in [-0.1, -0.05) is 57.2 Å². The van der Waals surface area contributed by atoms with E-state index < -0.39 is 11.4 Å². The van der Waals surface area contributed by atoms with Crippen molar-refractivity contribution in [3.63, 3.8) is 0 Å². The maximum Gasteiger partial charge on any atom is 0.331 e. The zero-order chi connectivity index (χ0) is 19.9. The Kier molecular flexibility index (Phi) is 6.67. The van der Waals surface area contributed by atoms with E-state index in [9.17, 15) is 9.59 Å². The second kappa shape index (κ2) is 8.95. The lowest BCUT2D eigenvalue weighted by molar-refractivity contribution is -0.146. The van der Waals surface area contributed by atoms with Gasteiger partial charge in [0, 0.05) is 11.5 Å². The fourth-order valence-corrected chi connectivity index (χ4v) is 2.27. The van der Waals surface area contributed by atoms with Crippen LogP contribution < -0.4 is 0 Å². The lowest BCUT2D eigenvalue weighted by Crippen LogP contribution is -2.28. The summed E-state index contributed by atoms with van der Waals surface area (Å²) in [6.45, 7) is 5.41. The van der Waals surface area contributed by atoms with Gasteiger partial charge in [0.15, 0.2) is 12.4 Å². The van der Waals surface area contributed by atoms with Crippen LogP contribution in [0.1, 0.15) is 38.3 Å². The van der Waals surface area contributed by atoms with E-state index in [1.54, 1.807) is 18.2 Å². The van der Waals surface area contributed by atoms with Gasteiger partial charge in [0.25, 0.3) is 0 Å². The van der Waals surface area contributed by atoms with Crippen LogP contribution in [-0.4, -0.2) is 18.4 Å². The molecule has 0 heterocycles. The molecule has 2 aromatic rings. The summed E-state index contributed by atoms with van der Waals surface area (Å²) in [7, 11) is 0. The predicted octanol–water partition coefficient (Wildman–Crippen LogP) is 4.79. The van der Waals surface area contributed by atoms with Crippen molar-refractivity contribution in [1.82, 2.24) is 0 Å². The molecule has 0 aliphatic carbocycles. The van der Waals surface area contributed by atoms with Gasteiger partial charge in [-0.05, 0) is 41.3 Å². The van der Waals surface area contributed by atoms with Crippen molar-refractivity contribution in [1.29, 1.82) is 5.26 Å². The van der Waals surface area contributed by atoms with Crippen LogP contribution in [0.4, 0.5) is 0 Å².